The van der Waals surface area contributed by atoms with Crippen molar-refractivity contribution >= 4 is 11.8 Å². The van der Waals surface area contributed by atoms with Crippen molar-refractivity contribution in [1.82, 2.24) is 0 Å². The van der Waals surface area contributed by atoms with E-state index in [9.17, 15) is 4.79 Å². The van der Waals surface area contributed by atoms with E-state index < -0.39 is 6.09 Å². The third-order valence-electron chi connectivity index (χ3n) is 1.39. The van der Waals surface area contributed by atoms with E-state index in [0.29, 0.717) is 12.3 Å². The van der Waals surface area contributed by atoms with Crippen LogP contribution in [0.3, 0.4) is 0 Å². The van der Waals surface area contributed by atoms with E-state index in [4.69, 9.17) is 4.74 Å². The predicted octanol–water partition coefficient (Wildman–Crippen LogP) is 2.45. The van der Waals surface area contributed by atoms with Gasteiger partial charge in [-0.15, -0.1) is 0 Å². The molecule has 13 heavy (non-hydrogen) atoms. The monoisotopic (exact) mass is 178 g/mol. The SMILES string of the molecule is CCCOC(=O)Nc1c[c]ccc1. The molecular formula is C10H12NO2. The van der Waals surface area contributed by atoms with Gasteiger partial charge in [-0.3, -0.25) is 5.32 Å². The van der Waals surface area contributed by atoms with Crippen molar-refractivity contribution in [3.8, 4) is 0 Å². The number of benzene rings is 1. The molecule has 1 N–H and O–H groups in total. The van der Waals surface area contributed by atoms with Gasteiger partial charge in [-0.2, -0.15) is 0 Å². The van der Waals surface area contributed by atoms with Crippen LogP contribution in [0.5, 0.6) is 0 Å². The first-order chi connectivity index (χ1) is 6.33. The van der Waals surface area contributed by atoms with Gasteiger partial charge in [0.25, 0.3) is 0 Å². The highest BCUT2D eigenvalue weighted by molar-refractivity contribution is 5.84. The second-order valence-corrected chi connectivity index (χ2v) is 2.55. The van der Waals surface area contributed by atoms with Crippen molar-refractivity contribution < 1.29 is 9.53 Å². The summed E-state index contributed by atoms with van der Waals surface area (Å²) in [6, 6.07) is 9.89. The maximum atomic E-state index is 11.0. The largest absolute Gasteiger partial charge is 0.449 e. The minimum atomic E-state index is -0.415. The Bertz CT molecular complexity index is 259. The van der Waals surface area contributed by atoms with Crippen molar-refractivity contribution in [2.24, 2.45) is 0 Å². The molecule has 0 fully saturated rings. The number of carbonyl (C=O) groups is 1. The molecule has 1 aromatic carbocycles. The number of amides is 1. The Labute approximate surface area is 77.7 Å². The summed E-state index contributed by atoms with van der Waals surface area (Å²) >= 11 is 0. The van der Waals surface area contributed by atoms with Crippen molar-refractivity contribution in [2.75, 3.05) is 11.9 Å². The smallest absolute Gasteiger partial charge is 0.411 e. The minimum absolute atomic E-state index is 0.415. The average molecular weight is 178 g/mol. The summed E-state index contributed by atoms with van der Waals surface area (Å²) in [4.78, 5) is 11.0. The molecular weight excluding hydrogens is 166 g/mol. The van der Waals surface area contributed by atoms with Gasteiger partial charge in [0.1, 0.15) is 0 Å². The van der Waals surface area contributed by atoms with Crippen molar-refractivity contribution in [3.63, 3.8) is 0 Å². The molecule has 0 aliphatic carbocycles. The van der Waals surface area contributed by atoms with Gasteiger partial charge in [0, 0.05) is 5.69 Å². The Morgan fingerprint density at radius 2 is 2.54 bits per heavy atom. The lowest BCUT2D eigenvalue weighted by atomic mass is 10.3. The molecule has 0 heterocycles. The van der Waals surface area contributed by atoms with Crippen LogP contribution in [0.2, 0.25) is 0 Å². The Hall–Kier alpha value is -1.51. The van der Waals surface area contributed by atoms with Crippen molar-refractivity contribution in [3.05, 3.63) is 30.3 Å². The second-order valence-electron chi connectivity index (χ2n) is 2.55. The lowest BCUT2D eigenvalue weighted by Crippen LogP contribution is -2.13. The lowest BCUT2D eigenvalue weighted by Gasteiger charge is -2.04. The Kier molecular flexibility index (Phi) is 3.82. The third kappa shape index (κ3) is 3.60. The number of nitrogens with one attached hydrogen (secondary N) is 1. The minimum Gasteiger partial charge on any atom is -0.449 e. The summed E-state index contributed by atoms with van der Waals surface area (Å²) in [6.07, 6.45) is 0.412. The maximum absolute atomic E-state index is 11.0. The summed E-state index contributed by atoms with van der Waals surface area (Å²) in [7, 11) is 0. The van der Waals surface area contributed by atoms with E-state index >= 15 is 0 Å². The van der Waals surface area contributed by atoms with Crippen molar-refractivity contribution in [2.45, 2.75) is 13.3 Å². The fourth-order valence-electron chi connectivity index (χ4n) is 0.820. The molecule has 0 aromatic heterocycles. The summed E-state index contributed by atoms with van der Waals surface area (Å²) in [5, 5.41) is 2.58. The zero-order valence-corrected chi connectivity index (χ0v) is 7.54. The molecule has 3 nitrogen and oxygen atoms in total. The molecule has 3 heteroatoms. The van der Waals surface area contributed by atoms with E-state index in [1.54, 1.807) is 24.3 Å². The Morgan fingerprint density at radius 3 is 3.15 bits per heavy atom. The predicted molar refractivity (Wildman–Crippen MR) is 50.5 cm³/mol. The molecule has 1 radical (unpaired) electrons. The van der Waals surface area contributed by atoms with Crippen LogP contribution in [0, 0.1) is 6.07 Å². The quantitative estimate of drug-likeness (QED) is 0.772. The fraction of sp³-hybridized carbons (Fsp3) is 0.300. The van der Waals surface area contributed by atoms with Crippen LogP contribution in [0.15, 0.2) is 24.3 Å². The molecule has 1 aromatic rings. The van der Waals surface area contributed by atoms with Crippen molar-refractivity contribution in [1.29, 1.82) is 0 Å². The molecule has 1 amide bonds. The number of rotatable bonds is 3. The third-order valence-corrected chi connectivity index (χ3v) is 1.39. The average Bonchev–Trinajstić information content (AvgIpc) is 2.16. The van der Waals surface area contributed by atoms with E-state index in [1.165, 1.54) is 0 Å². The van der Waals surface area contributed by atoms with Crippen LogP contribution in [0.25, 0.3) is 0 Å². The first kappa shape index (κ1) is 9.58. The van der Waals surface area contributed by atoms with Crippen LogP contribution in [-0.2, 0) is 4.74 Å². The molecule has 0 aliphatic rings. The summed E-state index contributed by atoms with van der Waals surface area (Å²) in [5.74, 6) is 0. The number of ether oxygens (including phenoxy) is 1. The molecule has 0 spiro atoms. The number of hydrogen-bond donors (Lipinski definition) is 1. The normalized spacial score (nSPS) is 9.31. The number of hydrogen-bond acceptors (Lipinski definition) is 2. The number of anilines is 1. The Morgan fingerprint density at radius 1 is 1.69 bits per heavy atom. The second kappa shape index (κ2) is 5.19. The summed E-state index contributed by atoms with van der Waals surface area (Å²) in [5.41, 5.74) is 0.698. The molecule has 0 saturated heterocycles. The zero-order chi connectivity index (χ0) is 9.52. The van der Waals surface area contributed by atoms with E-state index in [-0.39, 0.29) is 0 Å². The first-order valence-corrected chi connectivity index (χ1v) is 4.23. The molecule has 0 saturated carbocycles. The highest BCUT2D eigenvalue weighted by Gasteiger charge is 2.00. The molecule has 69 valence electrons. The van der Waals surface area contributed by atoms with E-state index in [0.717, 1.165) is 6.42 Å². The lowest BCUT2D eigenvalue weighted by molar-refractivity contribution is 0.161. The first-order valence-electron chi connectivity index (χ1n) is 4.23. The van der Waals surface area contributed by atoms with Crippen LogP contribution >= 0.6 is 0 Å². The highest BCUT2D eigenvalue weighted by atomic mass is 16.5. The molecule has 0 atom stereocenters. The topological polar surface area (TPSA) is 38.3 Å². The number of carbonyl (C=O) groups excluding carboxylic acids is 1. The Balaban J connectivity index is 2.37. The van der Waals surface area contributed by atoms with Gasteiger partial charge in [0.05, 0.1) is 6.61 Å². The van der Waals surface area contributed by atoms with Gasteiger partial charge in [-0.25, -0.2) is 4.79 Å². The molecule has 0 unspecified atom stereocenters. The van der Waals surface area contributed by atoms with Crippen LogP contribution in [-0.4, -0.2) is 12.7 Å². The standard InChI is InChI=1S/C10H12NO2/c1-2-8-13-10(12)11-9-6-4-3-5-7-9/h3-4,6-7H,2,8H2,1H3,(H,11,12). The highest BCUT2D eigenvalue weighted by Crippen LogP contribution is 2.04. The van der Waals surface area contributed by atoms with Gasteiger partial charge in [-0.1, -0.05) is 19.1 Å². The fourth-order valence-corrected chi connectivity index (χ4v) is 0.820. The van der Waals surface area contributed by atoms with E-state index in [1.807, 2.05) is 6.92 Å². The van der Waals surface area contributed by atoms with Gasteiger partial charge in [0.15, 0.2) is 0 Å². The maximum Gasteiger partial charge on any atom is 0.411 e. The van der Waals surface area contributed by atoms with Gasteiger partial charge in [-0.05, 0) is 24.6 Å². The van der Waals surface area contributed by atoms with Crippen LogP contribution < -0.4 is 5.32 Å². The zero-order valence-electron chi connectivity index (χ0n) is 7.54. The summed E-state index contributed by atoms with van der Waals surface area (Å²) < 4.78 is 4.83. The molecule has 0 aliphatic heterocycles. The van der Waals surface area contributed by atoms with Crippen LogP contribution in [0.1, 0.15) is 13.3 Å². The molecule has 1 rings (SSSR count). The van der Waals surface area contributed by atoms with Crippen LogP contribution in [0.4, 0.5) is 10.5 Å². The van der Waals surface area contributed by atoms with Gasteiger partial charge in [0.2, 0.25) is 0 Å². The van der Waals surface area contributed by atoms with Gasteiger partial charge >= 0.3 is 6.09 Å². The van der Waals surface area contributed by atoms with Gasteiger partial charge < -0.3 is 4.74 Å². The molecule has 0 bridgehead atoms. The summed E-state index contributed by atoms with van der Waals surface area (Å²) in [6.45, 7) is 2.39. The van der Waals surface area contributed by atoms with E-state index in [2.05, 4.69) is 11.4 Å².